The van der Waals surface area contributed by atoms with Gasteiger partial charge in [0.2, 0.25) is 0 Å². The minimum Gasteiger partial charge on any atom is -0.477 e. The van der Waals surface area contributed by atoms with Gasteiger partial charge in [-0.3, -0.25) is 4.79 Å². The van der Waals surface area contributed by atoms with Crippen molar-refractivity contribution in [2.75, 3.05) is 7.11 Å². The van der Waals surface area contributed by atoms with Gasteiger partial charge >= 0.3 is 11.9 Å². The molecular formula is C27H21NO5. The molecule has 5 rings (SSSR count). The molecule has 1 aromatic heterocycles. The van der Waals surface area contributed by atoms with Gasteiger partial charge in [0.05, 0.1) is 12.5 Å². The Morgan fingerprint density at radius 3 is 1.97 bits per heavy atom. The second-order valence-electron chi connectivity index (χ2n) is 8.13. The molecule has 3 aromatic carbocycles. The number of hydrogen-bond acceptors (Lipinski definition) is 5. The Morgan fingerprint density at radius 1 is 0.848 bits per heavy atom. The number of esters is 1. The number of carbonyl (C=O) groups is 2. The number of nitrogens with zero attached hydrogens (tertiary/aromatic N) is 1. The molecule has 0 radical (unpaired) electrons. The third kappa shape index (κ3) is 3.59. The lowest BCUT2D eigenvalue weighted by Crippen LogP contribution is -2.21. The summed E-state index contributed by atoms with van der Waals surface area (Å²) < 4.78 is 10.4. The molecule has 6 heteroatoms. The number of aromatic nitrogens is 1. The maximum Gasteiger partial charge on any atom is 0.342 e. The summed E-state index contributed by atoms with van der Waals surface area (Å²) in [5.74, 6) is -1.06. The van der Waals surface area contributed by atoms with Crippen LogP contribution in [-0.2, 0) is 14.9 Å². The molecule has 1 fully saturated rings. The fourth-order valence-corrected chi connectivity index (χ4v) is 4.21. The first-order chi connectivity index (χ1) is 16.0. The zero-order valence-electron chi connectivity index (χ0n) is 17.9. The van der Waals surface area contributed by atoms with E-state index >= 15 is 0 Å². The number of methoxy groups -OCH3 is 1. The molecule has 0 aliphatic heterocycles. The van der Waals surface area contributed by atoms with E-state index in [0.29, 0.717) is 16.8 Å². The van der Waals surface area contributed by atoms with Crippen LogP contribution in [0.15, 0.2) is 83.4 Å². The van der Waals surface area contributed by atoms with Crippen LogP contribution in [0.3, 0.4) is 0 Å². The second-order valence-corrected chi connectivity index (χ2v) is 8.13. The van der Waals surface area contributed by atoms with Crippen molar-refractivity contribution in [2.45, 2.75) is 18.3 Å². The molecule has 0 unspecified atom stereocenters. The standard InChI is InChI=1S/C27H21NO5/c1-32-26(31)27(15-16-27)21-13-11-18(12-14-21)17-7-9-20(10-8-17)24-22(25(29)30)23(28-33-24)19-5-3-2-4-6-19/h2-14H,15-16H2,1H3,(H,29,30). The molecule has 1 N–H and O–H groups in total. The molecule has 0 bridgehead atoms. The maximum atomic E-state index is 12.1. The van der Waals surface area contributed by atoms with E-state index in [1.165, 1.54) is 7.11 Å². The van der Waals surface area contributed by atoms with Crippen LogP contribution in [-0.4, -0.2) is 29.3 Å². The molecule has 4 aromatic rings. The maximum absolute atomic E-state index is 12.1. The van der Waals surface area contributed by atoms with Gasteiger partial charge in [-0.1, -0.05) is 84.0 Å². The van der Waals surface area contributed by atoms with Crippen LogP contribution in [0.2, 0.25) is 0 Å². The molecule has 0 saturated heterocycles. The molecule has 1 aliphatic carbocycles. The van der Waals surface area contributed by atoms with Crippen LogP contribution < -0.4 is 0 Å². The monoisotopic (exact) mass is 439 g/mol. The third-order valence-corrected chi connectivity index (χ3v) is 6.20. The number of benzene rings is 3. The largest absolute Gasteiger partial charge is 0.477 e. The predicted octanol–water partition coefficient (Wildman–Crippen LogP) is 5.58. The summed E-state index contributed by atoms with van der Waals surface area (Å²) in [7, 11) is 1.42. The van der Waals surface area contributed by atoms with Crippen LogP contribution >= 0.6 is 0 Å². The highest BCUT2D eigenvalue weighted by Gasteiger charge is 2.52. The Hall–Kier alpha value is -4.19. The Balaban J connectivity index is 1.44. The van der Waals surface area contributed by atoms with Gasteiger partial charge in [0.15, 0.2) is 5.76 Å². The quantitative estimate of drug-likeness (QED) is 0.395. The number of aromatic carboxylic acids is 1. The average molecular weight is 439 g/mol. The van der Waals surface area contributed by atoms with Gasteiger partial charge < -0.3 is 14.4 Å². The molecule has 0 amide bonds. The summed E-state index contributed by atoms with van der Waals surface area (Å²) in [6.45, 7) is 0. The van der Waals surface area contributed by atoms with E-state index in [2.05, 4.69) is 5.16 Å². The lowest BCUT2D eigenvalue weighted by Gasteiger charge is -2.13. The van der Waals surface area contributed by atoms with Crippen molar-refractivity contribution in [1.29, 1.82) is 0 Å². The number of hydrogen-bond donors (Lipinski definition) is 1. The van der Waals surface area contributed by atoms with E-state index in [0.717, 1.165) is 29.5 Å². The molecule has 1 aliphatic rings. The number of ether oxygens (including phenoxy) is 1. The zero-order valence-corrected chi connectivity index (χ0v) is 17.9. The summed E-state index contributed by atoms with van der Waals surface area (Å²) in [6.07, 6.45) is 1.61. The van der Waals surface area contributed by atoms with Crippen LogP contribution in [0, 0.1) is 0 Å². The van der Waals surface area contributed by atoms with E-state index in [9.17, 15) is 14.7 Å². The van der Waals surface area contributed by atoms with E-state index in [1.54, 1.807) is 12.1 Å². The summed E-state index contributed by atoms with van der Waals surface area (Å²) in [4.78, 5) is 24.1. The minimum atomic E-state index is -1.09. The molecule has 1 saturated carbocycles. The number of rotatable bonds is 6. The first kappa shape index (κ1) is 20.7. The van der Waals surface area contributed by atoms with E-state index in [-0.39, 0.29) is 17.3 Å². The Kier molecular flexibility index (Phi) is 5.05. The van der Waals surface area contributed by atoms with Crippen LogP contribution in [0.4, 0.5) is 0 Å². The van der Waals surface area contributed by atoms with Gasteiger partial charge in [0.1, 0.15) is 11.3 Å². The molecule has 0 atom stereocenters. The summed E-state index contributed by atoms with van der Waals surface area (Å²) in [5.41, 5.74) is 4.09. The normalized spacial score (nSPS) is 14.0. The van der Waals surface area contributed by atoms with E-state index in [1.807, 2.05) is 66.7 Å². The Morgan fingerprint density at radius 2 is 1.42 bits per heavy atom. The van der Waals surface area contributed by atoms with Crippen molar-refractivity contribution in [1.82, 2.24) is 5.16 Å². The van der Waals surface area contributed by atoms with Gasteiger partial charge in [-0.15, -0.1) is 0 Å². The average Bonchev–Trinajstić information content (AvgIpc) is 3.55. The topological polar surface area (TPSA) is 89.6 Å². The smallest absolute Gasteiger partial charge is 0.342 e. The molecule has 0 spiro atoms. The number of carboxylic acid groups (broad SMARTS) is 1. The molecule has 164 valence electrons. The third-order valence-electron chi connectivity index (χ3n) is 6.20. The first-order valence-corrected chi connectivity index (χ1v) is 10.6. The summed E-state index contributed by atoms with van der Waals surface area (Å²) >= 11 is 0. The fourth-order valence-electron chi connectivity index (χ4n) is 4.21. The SMILES string of the molecule is COC(=O)C1(c2ccc(-c3ccc(-c4onc(-c5ccccc5)c4C(=O)O)cc3)cc2)CC1. The van der Waals surface area contributed by atoms with Crippen LogP contribution in [0.5, 0.6) is 0 Å². The Bertz CT molecular complexity index is 1320. The summed E-state index contributed by atoms with van der Waals surface area (Å²) in [5, 5.41) is 13.8. The van der Waals surface area contributed by atoms with Crippen molar-refractivity contribution < 1.29 is 24.0 Å². The molecule has 6 nitrogen and oxygen atoms in total. The predicted molar refractivity (Wildman–Crippen MR) is 123 cm³/mol. The second kappa shape index (κ2) is 8.06. The van der Waals surface area contributed by atoms with Crippen molar-refractivity contribution in [3.63, 3.8) is 0 Å². The van der Waals surface area contributed by atoms with Crippen molar-refractivity contribution >= 4 is 11.9 Å². The van der Waals surface area contributed by atoms with Crippen LogP contribution in [0.25, 0.3) is 33.7 Å². The van der Waals surface area contributed by atoms with Gasteiger partial charge in [-0.05, 0) is 29.5 Å². The molecular weight excluding hydrogens is 418 g/mol. The minimum absolute atomic E-state index is 0.0378. The molecule has 1 heterocycles. The van der Waals surface area contributed by atoms with E-state index in [4.69, 9.17) is 9.26 Å². The number of carboxylic acids is 1. The van der Waals surface area contributed by atoms with Crippen molar-refractivity contribution in [3.8, 4) is 33.7 Å². The van der Waals surface area contributed by atoms with Gasteiger partial charge in [-0.2, -0.15) is 0 Å². The van der Waals surface area contributed by atoms with Gasteiger partial charge in [0, 0.05) is 11.1 Å². The highest BCUT2D eigenvalue weighted by Crippen LogP contribution is 2.49. The van der Waals surface area contributed by atoms with Crippen molar-refractivity contribution in [2.24, 2.45) is 0 Å². The lowest BCUT2D eigenvalue weighted by molar-refractivity contribution is -0.143. The van der Waals surface area contributed by atoms with E-state index < -0.39 is 11.4 Å². The fraction of sp³-hybridized carbons (Fsp3) is 0.148. The van der Waals surface area contributed by atoms with Gasteiger partial charge in [0.25, 0.3) is 0 Å². The van der Waals surface area contributed by atoms with Crippen LogP contribution in [0.1, 0.15) is 28.8 Å². The zero-order chi connectivity index (χ0) is 23.0. The number of carbonyl (C=O) groups excluding carboxylic acids is 1. The highest BCUT2D eigenvalue weighted by molar-refractivity contribution is 6.00. The summed E-state index contributed by atoms with van der Waals surface area (Å²) in [6, 6.07) is 24.5. The van der Waals surface area contributed by atoms with Gasteiger partial charge in [-0.25, -0.2) is 4.79 Å². The van der Waals surface area contributed by atoms with Crippen molar-refractivity contribution in [3.05, 3.63) is 90.0 Å². The lowest BCUT2D eigenvalue weighted by atomic mass is 9.93. The first-order valence-electron chi connectivity index (χ1n) is 10.6. The highest BCUT2D eigenvalue weighted by atomic mass is 16.5. The molecule has 33 heavy (non-hydrogen) atoms. The Labute approximate surface area is 190 Å².